The third kappa shape index (κ3) is 4.64. The van der Waals surface area contributed by atoms with Crippen LogP contribution in [-0.2, 0) is 20.2 Å². The maximum atomic E-state index is 12.4. The van der Waals surface area contributed by atoms with E-state index in [0.29, 0.717) is 39.0 Å². The first-order chi connectivity index (χ1) is 10.3. The lowest BCUT2D eigenvalue weighted by Crippen LogP contribution is -2.50. The summed E-state index contributed by atoms with van der Waals surface area (Å²) in [5, 5.41) is 0. The Morgan fingerprint density at radius 1 is 0.864 bits per heavy atom. The van der Waals surface area contributed by atoms with Crippen LogP contribution < -0.4 is 4.72 Å². The standard InChI is InChI=1S/C13H27N3O4S2/c1-2-21(17,18)15-11-7-13(8-12-15)14-22(19,20)16-9-5-3-4-6-10-16/h13-14H,2-12H2,1H3. The number of hydrogen-bond acceptors (Lipinski definition) is 4. The van der Waals surface area contributed by atoms with Gasteiger partial charge in [0.1, 0.15) is 0 Å². The van der Waals surface area contributed by atoms with E-state index < -0.39 is 20.2 Å². The Labute approximate surface area is 134 Å². The molecule has 0 aromatic carbocycles. The van der Waals surface area contributed by atoms with Crippen LogP contribution in [0.15, 0.2) is 0 Å². The van der Waals surface area contributed by atoms with Gasteiger partial charge in [0, 0.05) is 32.2 Å². The molecule has 1 N–H and O–H groups in total. The van der Waals surface area contributed by atoms with Gasteiger partial charge in [-0.15, -0.1) is 0 Å². The smallest absolute Gasteiger partial charge is 0.212 e. The summed E-state index contributed by atoms with van der Waals surface area (Å²) >= 11 is 0. The van der Waals surface area contributed by atoms with Crippen molar-refractivity contribution in [2.45, 2.75) is 51.5 Å². The van der Waals surface area contributed by atoms with Crippen LogP contribution in [0.2, 0.25) is 0 Å². The van der Waals surface area contributed by atoms with Crippen LogP contribution in [0.4, 0.5) is 0 Å². The van der Waals surface area contributed by atoms with Crippen LogP contribution in [0.1, 0.15) is 45.4 Å². The van der Waals surface area contributed by atoms with E-state index in [4.69, 9.17) is 0 Å². The Balaban J connectivity index is 1.89. The van der Waals surface area contributed by atoms with E-state index in [-0.39, 0.29) is 11.8 Å². The molecule has 2 rings (SSSR count). The molecule has 2 fully saturated rings. The highest BCUT2D eigenvalue weighted by molar-refractivity contribution is 7.89. The van der Waals surface area contributed by atoms with Crippen LogP contribution in [0, 0.1) is 0 Å². The molecule has 0 amide bonds. The Hall–Kier alpha value is -0.220. The number of nitrogens with zero attached hydrogens (tertiary/aromatic N) is 2. The topological polar surface area (TPSA) is 86.8 Å². The van der Waals surface area contributed by atoms with E-state index in [1.807, 2.05) is 0 Å². The fourth-order valence-corrected chi connectivity index (χ4v) is 5.68. The summed E-state index contributed by atoms with van der Waals surface area (Å²) in [6.45, 7) is 3.58. The van der Waals surface area contributed by atoms with Gasteiger partial charge in [0.25, 0.3) is 10.2 Å². The molecule has 2 aliphatic heterocycles. The molecule has 2 aliphatic rings. The Bertz CT molecular complexity index is 546. The molecule has 2 saturated heterocycles. The summed E-state index contributed by atoms with van der Waals surface area (Å²) < 4.78 is 54.2. The number of nitrogens with one attached hydrogen (secondary N) is 1. The molecular weight excluding hydrogens is 326 g/mol. The summed E-state index contributed by atoms with van der Waals surface area (Å²) in [4.78, 5) is 0. The van der Waals surface area contributed by atoms with E-state index in [0.717, 1.165) is 25.7 Å². The highest BCUT2D eigenvalue weighted by Gasteiger charge is 2.31. The number of rotatable bonds is 5. The third-order valence-electron chi connectivity index (χ3n) is 4.43. The zero-order chi connectivity index (χ0) is 16.2. The van der Waals surface area contributed by atoms with Gasteiger partial charge in [0.05, 0.1) is 5.75 Å². The minimum Gasteiger partial charge on any atom is -0.212 e. The molecule has 0 radical (unpaired) electrons. The van der Waals surface area contributed by atoms with Crippen molar-refractivity contribution in [2.75, 3.05) is 31.9 Å². The minimum absolute atomic E-state index is 0.0944. The molecule has 22 heavy (non-hydrogen) atoms. The molecule has 7 nitrogen and oxygen atoms in total. The molecular formula is C13H27N3O4S2. The van der Waals surface area contributed by atoms with Crippen LogP contribution in [0.3, 0.4) is 0 Å². The molecule has 0 spiro atoms. The van der Waals surface area contributed by atoms with Crippen LogP contribution in [0.25, 0.3) is 0 Å². The molecule has 2 heterocycles. The highest BCUT2D eigenvalue weighted by Crippen LogP contribution is 2.17. The van der Waals surface area contributed by atoms with Crippen molar-refractivity contribution >= 4 is 20.2 Å². The molecule has 0 bridgehead atoms. The van der Waals surface area contributed by atoms with Gasteiger partial charge in [-0.1, -0.05) is 12.8 Å². The molecule has 0 unspecified atom stereocenters. The van der Waals surface area contributed by atoms with Gasteiger partial charge in [-0.05, 0) is 32.6 Å². The molecule has 0 aromatic rings. The van der Waals surface area contributed by atoms with E-state index >= 15 is 0 Å². The zero-order valence-corrected chi connectivity index (χ0v) is 14.8. The van der Waals surface area contributed by atoms with Gasteiger partial charge in [-0.2, -0.15) is 17.4 Å². The maximum Gasteiger partial charge on any atom is 0.279 e. The quantitative estimate of drug-likeness (QED) is 0.780. The van der Waals surface area contributed by atoms with Crippen molar-refractivity contribution in [3.8, 4) is 0 Å². The Morgan fingerprint density at radius 3 is 1.91 bits per heavy atom. The van der Waals surface area contributed by atoms with Crippen molar-refractivity contribution in [1.82, 2.24) is 13.3 Å². The van der Waals surface area contributed by atoms with Gasteiger partial charge in [0.2, 0.25) is 10.0 Å². The lowest BCUT2D eigenvalue weighted by Gasteiger charge is -2.32. The molecule has 0 saturated carbocycles. The van der Waals surface area contributed by atoms with E-state index in [9.17, 15) is 16.8 Å². The van der Waals surface area contributed by atoms with Crippen LogP contribution in [-0.4, -0.2) is 63.4 Å². The Kier molecular flexibility index (Phi) is 6.23. The number of sulfonamides is 1. The Morgan fingerprint density at radius 2 is 1.41 bits per heavy atom. The predicted molar refractivity (Wildman–Crippen MR) is 86.2 cm³/mol. The predicted octanol–water partition coefficient (Wildman–Crippen LogP) is 0.511. The zero-order valence-electron chi connectivity index (χ0n) is 13.2. The van der Waals surface area contributed by atoms with Gasteiger partial charge in [0.15, 0.2) is 0 Å². The van der Waals surface area contributed by atoms with Gasteiger partial charge in [-0.3, -0.25) is 0 Å². The second-order valence-corrected chi connectivity index (χ2v) is 9.97. The van der Waals surface area contributed by atoms with E-state index in [2.05, 4.69) is 4.72 Å². The molecule has 0 atom stereocenters. The number of hydrogen-bond donors (Lipinski definition) is 1. The van der Waals surface area contributed by atoms with Gasteiger partial charge >= 0.3 is 0 Å². The van der Waals surface area contributed by atoms with E-state index in [1.54, 1.807) is 6.92 Å². The first-order valence-corrected chi connectivity index (χ1v) is 11.2. The average Bonchev–Trinajstić information content (AvgIpc) is 2.77. The lowest BCUT2D eigenvalue weighted by molar-refractivity contribution is 0.303. The fraction of sp³-hybridized carbons (Fsp3) is 1.00. The molecule has 9 heteroatoms. The van der Waals surface area contributed by atoms with Crippen molar-refractivity contribution in [2.24, 2.45) is 0 Å². The first kappa shape index (κ1) is 18.1. The second-order valence-electron chi connectivity index (χ2n) is 6.01. The van der Waals surface area contributed by atoms with Crippen LogP contribution in [0.5, 0.6) is 0 Å². The summed E-state index contributed by atoms with van der Waals surface area (Å²) in [5.74, 6) is 0.0944. The van der Waals surface area contributed by atoms with Crippen molar-refractivity contribution < 1.29 is 16.8 Å². The van der Waals surface area contributed by atoms with E-state index in [1.165, 1.54) is 8.61 Å². The van der Waals surface area contributed by atoms with Gasteiger partial charge < -0.3 is 0 Å². The number of piperidine rings is 1. The monoisotopic (exact) mass is 353 g/mol. The SMILES string of the molecule is CCS(=O)(=O)N1CCC(NS(=O)(=O)N2CCCCCC2)CC1. The lowest BCUT2D eigenvalue weighted by atomic mass is 10.1. The third-order valence-corrected chi connectivity index (χ3v) is 7.99. The van der Waals surface area contributed by atoms with Crippen molar-refractivity contribution in [1.29, 1.82) is 0 Å². The van der Waals surface area contributed by atoms with Crippen LogP contribution >= 0.6 is 0 Å². The maximum absolute atomic E-state index is 12.4. The molecule has 130 valence electrons. The fourth-order valence-electron chi connectivity index (χ4n) is 3.00. The molecule has 0 aliphatic carbocycles. The molecule has 0 aromatic heterocycles. The van der Waals surface area contributed by atoms with Crippen molar-refractivity contribution in [3.05, 3.63) is 0 Å². The highest BCUT2D eigenvalue weighted by atomic mass is 32.2. The summed E-state index contributed by atoms with van der Waals surface area (Å²) in [5.41, 5.74) is 0. The summed E-state index contributed by atoms with van der Waals surface area (Å²) in [6, 6.07) is -0.170. The normalized spacial score (nSPS) is 24.2. The summed E-state index contributed by atoms with van der Waals surface area (Å²) in [7, 11) is -6.62. The summed E-state index contributed by atoms with van der Waals surface area (Å²) in [6.07, 6.45) is 5.05. The van der Waals surface area contributed by atoms with Crippen molar-refractivity contribution in [3.63, 3.8) is 0 Å². The van der Waals surface area contributed by atoms with Gasteiger partial charge in [-0.25, -0.2) is 12.7 Å². The first-order valence-electron chi connectivity index (χ1n) is 8.10. The largest absolute Gasteiger partial charge is 0.279 e. The second kappa shape index (κ2) is 7.57. The average molecular weight is 354 g/mol. The minimum atomic E-state index is -3.45.